The normalized spacial score (nSPS) is 8.53. The maximum atomic E-state index is 10.9. The third-order valence-electron chi connectivity index (χ3n) is 3.13. The van der Waals surface area contributed by atoms with E-state index in [9.17, 15) is 9.59 Å². The van der Waals surface area contributed by atoms with E-state index >= 15 is 0 Å². The van der Waals surface area contributed by atoms with E-state index < -0.39 is 12.2 Å². The van der Waals surface area contributed by atoms with Crippen LogP contribution in [0.25, 0.3) is 0 Å². The summed E-state index contributed by atoms with van der Waals surface area (Å²) >= 11 is 11.3. The summed E-state index contributed by atoms with van der Waals surface area (Å²) in [6.45, 7) is 3.86. The van der Waals surface area contributed by atoms with E-state index in [4.69, 9.17) is 42.9 Å². The summed E-state index contributed by atoms with van der Waals surface area (Å²) in [5, 5.41) is 22.5. The monoisotopic (exact) mass is 508 g/mol. The molecule has 0 spiro atoms. The number of amides is 2. The first-order valence-electron chi connectivity index (χ1n) is 9.92. The Morgan fingerprint density at radius 1 is 0.735 bits per heavy atom. The van der Waals surface area contributed by atoms with Crippen molar-refractivity contribution in [1.29, 1.82) is 0 Å². The molecule has 0 aliphatic heterocycles. The van der Waals surface area contributed by atoms with Crippen LogP contribution in [0, 0.1) is 23.7 Å². The molecular weight excluding hydrogens is 483 g/mol. The molecule has 0 atom stereocenters. The number of hydrogen-bond donors (Lipinski definition) is 4. The van der Waals surface area contributed by atoms with Gasteiger partial charge in [0.2, 0.25) is 0 Å². The Morgan fingerprint density at radius 2 is 1.06 bits per heavy atom. The lowest BCUT2D eigenvalue weighted by molar-refractivity contribution is 0.167. The fraction of sp³-hybridized carbons (Fsp3) is 0.250. The number of aliphatic hydroxyl groups is 2. The van der Waals surface area contributed by atoms with Gasteiger partial charge >= 0.3 is 12.2 Å². The van der Waals surface area contributed by atoms with Crippen molar-refractivity contribution < 1.29 is 29.3 Å². The van der Waals surface area contributed by atoms with Gasteiger partial charge in [-0.1, -0.05) is 35.0 Å². The van der Waals surface area contributed by atoms with Crippen LogP contribution in [0.5, 0.6) is 0 Å². The maximum absolute atomic E-state index is 10.9. The number of anilines is 2. The van der Waals surface area contributed by atoms with E-state index in [1.807, 2.05) is 0 Å². The Kier molecular flexibility index (Phi) is 18.2. The van der Waals surface area contributed by atoms with Gasteiger partial charge in [-0.2, -0.15) is 0 Å². The molecule has 0 saturated heterocycles. The molecule has 0 aliphatic rings. The van der Waals surface area contributed by atoms with Gasteiger partial charge in [0.05, 0.1) is 13.2 Å². The first-order valence-corrected chi connectivity index (χ1v) is 10.7. The van der Waals surface area contributed by atoms with Crippen LogP contribution in [-0.2, 0) is 9.47 Å². The first-order chi connectivity index (χ1) is 16.4. The van der Waals surface area contributed by atoms with E-state index in [0.29, 0.717) is 34.6 Å². The van der Waals surface area contributed by atoms with Gasteiger partial charge in [0.1, 0.15) is 13.2 Å². The molecule has 4 N–H and O–H groups in total. The largest absolute Gasteiger partial charge is 0.450 e. The quantitative estimate of drug-likeness (QED) is 0.441. The van der Waals surface area contributed by atoms with Gasteiger partial charge in [0.25, 0.3) is 0 Å². The Bertz CT molecular complexity index is 893. The highest BCUT2D eigenvalue weighted by atomic mass is 35.5. The summed E-state index contributed by atoms with van der Waals surface area (Å²) in [4.78, 5) is 21.9. The lowest BCUT2D eigenvalue weighted by atomic mass is 10.3. The lowest BCUT2D eigenvalue weighted by Gasteiger charge is -2.04. The van der Waals surface area contributed by atoms with Crippen LogP contribution in [0.2, 0.25) is 10.0 Å². The Labute approximate surface area is 209 Å². The van der Waals surface area contributed by atoms with Gasteiger partial charge in [-0.15, -0.1) is 0 Å². The van der Waals surface area contributed by atoms with Crippen molar-refractivity contribution in [2.24, 2.45) is 0 Å². The topological polar surface area (TPSA) is 117 Å². The molecule has 0 radical (unpaired) electrons. The minimum absolute atomic E-state index is 0.180. The summed E-state index contributed by atoms with van der Waals surface area (Å²) in [7, 11) is 0. The standard InChI is InChI=1S/2C9H10ClNO2.C6H6O2/c2*1-2-13-9(12)11-8-5-3-7(10)4-6-8;7-5-3-1-2-4-6-8/h2*3-6H,2H2,1H3,(H,11,12);7-8H,5-6H2. The smallest absolute Gasteiger partial charge is 0.411 e. The third-order valence-corrected chi connectivity index (χ3v) is 3.63. The van der Waals surface area contributed by atoms with Crippen LogP contribution in [0.15, 0.2) is 48.5 Å². The summed E-state index contributed by atoms with van der Waals surface area (Å²) < 4.78 is 9.39. The number of aliphatic hydroxyl groups excluding tert-OH is 2. The van der Waals surface area contributed by atoms with Crippen molar-refractivity contribution in [3.8, 4) is 23.7 Å². The molecule has 10 heteroatoms. The van der Waals surface area contributed by atoms with Crippen molar-refractivity contribution >= 4 is 46.8 Å². The highest BCUT2D eigenvalue weighted by molar-refractivity contribution is 6.30. The Balaban J connectivity index is 0.000000497. The Morgan fingerprint density at radius 3 is 1.32 bits per heavy atom. The van der Waals surface area contributed by atoms with Crippen LogP contribution in [0.1, 0.15) is 13.8 Å². The molecule has 8 nitrogen and oxygen atoms in total. The third kappa shape index (κ3) is 17.2. The molecule has 182 valence electrons. The first kappa shape index (κ1) is 30.6. The van der Waals surface area contributed by atoms with Crippen LogP contribution >= 0.6 is 23.2 Å². The van der Waals surface area contributed by atoms with Crippen molar-refractivity contribution in [3.63, 3.8) is 0 Å². The second-order valence-electron chi connectivity index (χ2n) is 5.62. The van der Waals surface area contributed by atoms with Gasteiger partial charge in [-0.25, -0.2) is 9.59 Å². The van der Waals surface area contributed by atoms with Gasteiger partial charge in [-0.3, -0.25) is 10.6 Å². The average Bonchev–Trinajstić information content (AvgIpc) is 2.81. The summed E-state index contributed by atoms with van der Waals surface area (Å²) in [6, 6.07) is 13.6. The van der Waals surface area contributed by atoms with Crippen LogP contribution in [0.4, 0.5) is 21.0 Å². The molecule has 0 heterocycles. The van der Waals surface area contributed by atoms with Crippen LogP contribution in [0.3, 0.4) is 0 Å². The Hall–Kier alpha value is -3.40. The van der Waals surface area contributed by atoms with Gasteiger partial charge in [0, 0.05) is 21.4 Å². The molecule has 2 aromatic carbocycles. The summed E-state index contributed by atoms with van der Waals surface area (Å²) in [5.74, 6) is 9.24. The number of rotatable bonds is 4. The van der Waals surface area contributed by atoms with E-state index in [0.717, 1.165) is 0 Å². The number of hydrogen-bond acceptors (Lipinski definition) is 6. The summed E-state index contributed by atoms with van der Waals surface area (Å²) in [6.07, 6.45) is -0.908. The zero-order valence-electron chi connectivity index (χ0n) is 18.7. The zero-order valence-corrected chi connectivity index (χ0v) is 20.2. The lowest BCUT2D eigenvalue weighted by Crippen LogP contribution is -2.12. The van der Waals surface area contributed by atoms with E-state index in [1.165, 1.54) is 0 Å². The molecule has 0 aliphatic carbocycles. The van der Waals surface area contributed by atoms with E-state index in [-0.39, 0.29) is 13.2 Å². The maximum Gasteiger partial charge on any atom is 0.411 e. The minimum atomic E-state index is -0.454. The van der Waals surface area contributed by atoms with Crippen LogP contribution < -0.4 is 10.6 Å². The zero-order chi connectivity index (χ0) is 25.6. The van der Waals surface area contributed by atoms with Crippen LogP contribution in [-0.4, -0.2) is 48.8 Å². The van der Waals surface area contributed by atoms with Crippen molar-refractivity contribution in [2.75, 3.05) is 37.1 Å². The second kappa shape index (κ2) is 20.2. The molecule has 0 fully saturated rings. The van der Waals surface area contributed by atoms with E-state index in [1.54, 1.807) is 62.4 Å². The van der Waals surface area contributed by atoms with E-state index in [2.05, 4.69) is 34.3 Å². The molecule has 0 saturated carbocycles. The number of halogens is 2. The molecule has 2 aromatic rings. The van der Waals surface area contributed by atoms with Gasteiger partial charge < -0.3 is 19.7 Å². The molecule has 2 amide bonds. The highest BCUT2D eigenvalue weighted by Gasteiger charge is 2.01. The summed E-state index contributed by atoms with van der Waals surface area (Å²) in [5.41, 5.74) is 1.34. The molecule has 0 bridgehead atoms. The number of carbonyl (C=O) groups is 2. The fourth-order valence-electron chi connectivity index (χ4n) is 1.80. The van der Waals surface area contributed by atoms with Gasteiger partial charge in [-0.05, 0) is 74.2 Å². The fourth-order valence-corrected chi connectivity index (χ4v) is 2.06. The number of nitrogens with one attached hydrogen (secondary N) is 2. The predicted molar refractivity (Wildman–Crippen MR) is 134 cm³/mol. The molecule has 34 heavy (non-hydrogen) atoms. The molecular formula is C24H26Cl2N2O6. The number of ether oxygens (including phenoxy) is 2. The molecule has 2 rings (SSSR count). The molecule has 0 aromatic heterocycles. The molecule has 0 unspecified atom stereocenters. The number of carbonyl (C=O) groups excluding carboxylic acids is 2. The van der Waals surface area contributed by atoms with Gasteiger partial charge in [0.15, 0.2) is 0 Å². The highest BCUT2D eigenvalue weighted by Crippen LogP contribution is 2.14. The van der Waals surface area contributed by atoms with Crippen molar-refractivity contribution in [1.82, 2.24) is 0 Å². The van der Waals surface area contributed by atoms with Crippen molar-refractivity contribution in [3.05, 3.63) is 58.6 Å². The average molecular weight is 509 g/mol. The van der Waals surface area contributed by atoms with Crippen molar-refractivity contribution in [2.45, 2.75) is 13.8 Å². The SMILES string of the molecule is CCOC(=O)Nc1ccc(Cl)cc1.CCOC(=O)Nc1ccc(Cl)cc1.OCC#CC#CCO. The minimum Gasteiger partial charge on any atom is -0.450 e. The predicted octanol–water partition coefficient (Wildman–Crippen LogP) is 4.79. The number of benzene rings is 2. The second-order valence-corrected chi connectivity index (χ2v) is 6.50.